The molecule has 88 valence electrons. The van der Waals surface area contributed by atoms with Crippen molar-refractivity contribution in [3.05, 3.63) is 42.1 Å². The fourth-order valence-electron chi connectivity index (χ4n) is 1.69. The number of aliphatic carboxylic acids is 2. The molecule has 2 rings (SSSR count). The molecule has 1 aliphatic rings. The first-order valence-electron chi connectivity index (χ1n) is 4.75. The number of rotatable bonds is 2. The molecule has 1 aromatic carbocycles. The Morgan fingerprint density at radius 3 is 2.47 bits per heavy atom. The molecule has 1 aliphatic heterocycles. The van der Waals surface area contributed by atoms with E-state index in [1.165, 1.54) is 12.1 Å². The fourth-order valence-corrected chi connectivity index (χ4v) is 1.69. The van der Waals surface area contributed by atoms with Gasteiger partial charge in [0.2, 0.25) is 5.41 Å². The second kappa shape index (κ2) is 3.82. The number of hydrogen-bond acceptors (Lipinski definition) is 4. The van der Waals surface area contributed by atoms with Crippen molar-refractivity contribution in [2.75, 3.05) is 0 Å². The molecule has 0 radical (unpaired) electrons. The lowest BCUT2D eigenvalue weighted by atomic mass is 9.80. The van der Waals surface area contributed by atoms with Gasteiger partial charge in [0.15, 0.2) is 5.75 Å². The average Bonchev–Trinajstić information content (AvgIpc) is 2.48. The molecular formula is C11H9NO5. The number of benzene rings is 1. The van der Waals surface area contributed by atoms with E-state index in [1.807, 2.05) is 0 Å². The molecule has 0 spiro atoms. The average molecular weight is 235 g/mol. The molecule has 0 bridgehead atoms. The third-order valence-corrected chi connectivity index (χ3v) is 2.56. The van der Waals surface area contributed by atoms with Gasteiger partial charge in [-0.3, -0.25) is 9.59 Å². The molecule has 3 N–H and O–H groups in total. The summed E-state index contributed by atoms with van der Waals surface area (Å²) < 4.78 is 0. The summed E-state index contributed by atoms with van der Waals surface area (Å²) in [5.41, 5.74) is 0.293. The van der Waals surface area contributed by atoms with Crippen molar-refractivity contribution < 1.29 is 24.6 Å². The number of hydrogen-bond donors (Lipinski definition) is 3. The summed E-state index contributed by atoms with van der Waals surface area (Å²) >= 11 is 0. The van der Waals surface area contributed by atoms with Crippen molar-refractivity contribution in [2.45, 2.75) is 5.41 Å². The minimum Gasteiger partial charge on any atom is -0.480 e. The molecule has 0 fully saturated rings. The lowest BCUT2D eigenvalue weighted by Crippen LogP contribution is -2.41. The van der Waals surface area contributed by atoms with E-state index in [2.05, 4.69) is 5.48 Å². The van der Waals surface area contributed by atoms with Crippen molar-refractivity contribution >= 4 is 11.9 Å². The molecule has 0 amide bonds. The maximum Gasteiger partial charge on any atom is 0.329 e. The quantitative estimate of drug-likeness (QED) is 0.646. The van der Waals surface area contributed by atoms with Gasteiger partial charge in [-0.05, 0) is 12.1 Å². The summed E-state index contributed by atoms with van der Waals surface area (Å²) in [6.07, 6.45) is 2.20. The van der Waals surface area contributed by atoms with Gasteiger partial charge in [0, 0.05) is 11.8 Å². The maximum absolute atomic E-state index is 11.3. The van der Waals surface area contributed by atoms with E-state index in [0.717, 1.165) is 12.3 Å². The highest BCUT2D eigenvalue weighted by Gasteiger charge is 2.49. The van der Waals surface area contributed by atoms with Crippen molar-refractivity contribution in [3.63, 3.8) is 0 Å². The van der Waals surface area contributed by atoms with Crippen molar-refractivity contribution in [2.24, 2.45) is 0 Å². The Morgan fingerprint density at radius 1 is 1.18 bits per heavy atom. The van der Waals surface area contributed by atoms with Crippen LogP contribution >= 0.6 is 0 Å². The minimum absolute atomic E-state index is 0.0706. The summed E-state index contributed by atoms with van der Waals surface area (Å²) in [5, 5.41) is 18.4. The summed E-state index contributed by atoms with van der Waals surface area (Å²) in [5.74, 6) is -2.77. The number of para-hydroxylation sites is 1. The summed E-state index contributed by atoms with van der Waals surface area (Å²) in [7, 11) is 0. The lowest BCUT2D eigenvalue weighted by molar-refractivity contribution is -0.154. The van der Waals surface area contributed by atoms with Crippen LogP contribution in [0.15, 0.2) is 36.5 Å². The number of carboxylic acid groups (broad SMARTS) is 2. The van der Waals surface area contributed by atoms with Crippen LogP contribution in [-0.4, -0.2) is 22.2 Å². The number of hydroxylamine groups is 1. The monoisotopic (exact) mass is 235 g/mol. The zero-order valence-corrected chi connectivity index (χ0v) is 8.58. The Bertz CT molecular complexity index is 494. The second-order valence-corrected chi connectivity index (χ2v) is 3.47. The predicted octanol–water partition coefficient (Wildman–Crippen LogP) is 0.504. The molecule has 0 saturated carbocycles. The zero-order valence-electron chi connectivity index (χ0n) is 8.58. The van der Waals surface area contributed by atoms with Gasteiger partial charge in [0.05, 0.1) is 0 Å². The van der Waals surface area contributed by atoms with Crippen molar-refractivity contribution in [3.8, 4) is 5.75 Å². The van der Waals surface area contributed by atoms with E-state index in [1.54, 1.807) is 12.1 Å². The summed E-state index contributed by atoms with van der Waals surface area (Å²) in [6, 6.07) is 6.09. The Balaban J connectivity index is 2.74. The molecule has 6 heteroatoms. The van der Waals surface area contributed by atoms with Crippen LogP contribution in [0.5, 0.6) is 5.75 Å². The van der Waals surface area contributed by atoms with Crippen LogP contribution in [0.4, 0.5) is 0 Å². The van der Waals surface area contributed by atoms with Gasteiger partial charge >= 0.3 is 11.9 Å². The Hall–Kier alpha value is -2.50. The highest BCUT2D eigenvalue weighted by molar-refractivity contribution is 6.07. The largest absolute Gasteiger partial charge is 0.480 e. The Labute approximate surface area is 96.1 Å². The van der Waals surface area contributed by atoms with E-state index in [9.17, 15) is 19.8 Å². The summed E-state index contributed by atoms with van der Waals surface area (Å²) in [4.78, 5) is 27.7. The normalized spacial score (nSPS) is 16.0. The molecule has 1 aromatic rings. The van der Waals surface area contributed by atoms with Crippen LogP contribution in [0, 0.1) is 0 Å². The van der Waals surface area contributed by atoms with Crippen molar-refractivity contribution in [1.29, 1.82) is 0 Å². The van der Waals surface area contributed by atoms with E-state index >= 15 is 0 Å². The van der Waals surface area contributed by atoms with Crippen LogP contribution in [-0.2, 0) is 15.0 Å². The number of carbonyl (C=O) groups is 2. The first-order chi connectivity index (χ1) is 8.09. The molecule has 0 unspecified atom stereocenters. The SMILES string of the molecule is O=C(O)C1(C(=O)O)C=CNOc2ccccc21. The highest BCUT2D eigenvalue weighted by Crippen LogP contribution is 2.35. The minimum atomic E-state index is -2.14. The maximum atomic E-state index is 11.3. The molecule has 0 atom stereocenters. The van der Waals surface area contributed by atoms with E-state index in [0.29, 0.717) is 0 Å². The van der Waals surface area contributed by atoms with E-state index < -0.39 is 17.4 Å². The molecular weight excluding hydrogens is 226 g/mol. The Kier molecular flexibility index (Phi) is 2.47. The lowest BCUT2D eigenvalue weighted by Gasteiger charge is -2.21. The van der Waals surface area contributed by atoms with Crippen molar-refractivity contribution in [1.82, 2.24) is 5.48 Å². The number of nitrogens with one attached hydrogen (secondary N) is 1. The van der Waals surface area contributed by atoms with Crippen LogP contribution in [0.2, 0.25) is 0 Å². The van der Waals surface area contributed by atoms with Gasteiger partial charge in [-0.15, -0.1) is 0 Å². The standard InChI is InChI=1S/C11H9NO5/c13-9(14)11(10(15)16)5-6-12-17-8-4-2-1-3-7(8)11/h1-6,12H,(H,13,14)(H,15,16). The molecule has 0 aliphatic carbocycles. The van der Waals surface area contributed by atoms with E-state index in [-0.39, 0.29) is 11.3 Å². The van der Waals surface area contributed by atoms with Crippen LogP contribution in [0.25, 0.3) is 0 Å². The first-order valence-corrected chi connectivity index (χ1v) is 4.75. The van der Waals surface area contributed by atoms with Crippen LogP contribution < -0.4 is 10.3 Å². The highest BCUT2D eigenvalue weighted by atomic mass is 16.6. The third-order valence-electron chi connectivity index (χ3n) is 2.56. The van der Waals surface area contributed by atoms with Crippen LogP contribution in [0.1, 0.15) is 5.56 Å². The third kappa shape index (κ3) is 1.50. The molecule has 6 nitrogen and oxygen atoms in total. The van der Waals surface area contributed by atoms with Gasteiger partial charge in [-0.2, -0.15) is 0 Å². The summed E-state index contributed by atoms with van der Waals surface area (Å²) in [6.45, 7) is 0. The zero-order chi connectivity index (χ0) is 12.5. The second-order valence-electron chi connectivity index (χ2n) is 3.47. The smallest absolute Gasteiger partial charge is 0.329 e. The van der Waals surface area contributed by atoms with Gasteiger partial charge in [-0.25, -0.2) is 5.48 Å². The first kappa shape index (κ1) is 11.0. The number of fused-ring (bicyclic) bond motifs is 1. The van der Waals surface area contributed by atoms with Crippen LogP contribution in [0.3, 0.4) is 0 Å². The number of carboxylic acids is 2. The van der Waals surface area contributed by atoms with E-state index in [4.69, 9.17) is 4.84 Å². The van der Waals surface area contributed by atoms with Gasteiger partial charge < -0.3 is 15.1 Å². The molecule has 0 saturated heterocycles. The van der Waals surface area contributed by atoms with Gasteiger partial charge in [-0.1, -0.05) is 18.2 Å². The predicted molar refractivity (Wildman–Crippen MR) is 56.3 cm³/mol. The van der Waals surface area contributed by atoms with Gasteiger partial charge in [0.25, 0.3) is 0 Å². The molecule has 17 heavy (non-hydrogen) atoms. The topological polar surface area (TPSA) is 95.9 Å². The van der Waals surface area contributed by atoms with Gasteiger partial charge in [0.1, 0.15) is 0 Å². The fraction of sp³-hybridized carbons (Fsp3) is 0.0909. The molecule has 0 aromatic heterocycles. The molecule has 1 heterocycles. The Morgan fingerprint density at radius 2 is 1.82 bits per heavy atom.